The first-order chi connectivity index (χ1) is 15.9. The number of benzene rings is 3. The first-order valence-electron chi connectivity index (χ1n) is 9.62. The van der Waals surface area contributed by atoms with Gasteiger partial charge in [0.25, 0.3) is 5.91 Å². The van der Waals surface area contributed by atoms with Crippen LogP contribution in [0.25, 0.3) is 6.08 Å². The van der Waals surface area contributed by atoms with Crippen LogP contribution < -0.4 is 19.5 Å². The van der Waals surface area contributed by atoms with E-state index in [9.17, 15) is 10.1 Å². The fourth-order valence-corrected chi connectivity index (χ4v) is 5.23. The number of anilines is 1. The zero-order chi connectivity index (χ0) is 23.4. The highest BCUT2D eigenvalue weighted by Crippen LogP contribution is 2.35. The van der Waals surface area contributed by atoms with Crippen molar-refractivity contribution in [2.24, 2.45) is 0 Å². The highest BCUT2D eigenvalue weighted by Gasteiger charge is 2.15. The summed E-state index contributed by atoms with van der Waals surface area (Å²) in [4.78, 5) is 12.6. The Labute approximate surface area is 220 Å². The summed E-state index contributed by atoms with van der Waals surface area (Å²) in [5.74, 6) is 1.62. The van der Waals surface area contributed by atoms with Crippen LogP contribution in [-0.2, 0) is 11.4 Å². The fraction of sp³-hybridized carbons (Fsp3) is 0.0833. The Morgan fingerprint density at radius 2 is 1.97 bits per heavy atom. The van der Waals surface area contributed by atoms with Gasteiger partial charge in [-0.3, -0.25) is 4.79 Å². The molecule has 1 heterocycles. The van der Waals surface area contributed by atoms with Crippen molar-refractivity contribution in [1.29, 1.82) is 5.26 Å². The monoisotopic (exact) mass is 680 g/mol. The van der Waals surface area contributed by atoms with Crippen LogP contribution in [0.5, 0.6) is 17.2 Å². The summed E-state index contributed by atoms with van der Waals surface area (Å²) in [6, 6.07) is 18.5. The Morgan fingerprint density at radius 3 is 2.73 bits per heavy atom. The number of nitriles is 1. The number of hydrogen-bond acceptors (Lipinski definition) is 5. The molecule has 4 rings (SSSR count). The van der Waals surface area contributed by atoms with Crippen LogP contribution >= 0.6 is 54.5 Å². The Hall–Kier alpha value is -2.55. The van der Waals surface area contributed by atoms with Gasteiger partial charge >= 0.3 is 0 Å². The van der Waals surface area contributed by atoms with Crippen LogP contribution in [0.3, 0.4) is 0 Å². The maximum absolute atomic E-state index is 12.6. The first kappa shape index (κ1) is 23.6. The molecule has 0 bridgehead atoms. The van der Waals surface area contributed by atoms with Crippen molar-refractivity contribution in [3.8, 4) is 23.3 Å². The number of halogens is 3. The molecule has 0 radical (unpaired) electrons. The molecule has 3 aromatic carbocycles. The van der Waals surface area contributed by atoms with E-state index in [1.165, 1.54) is 0 Å². The second-order valence-electron chi connectivity index (χ2n) is 6.92. The molecule has 3 aromatic rings. The Bertz CT molecular complexity index is 1280. The molecule has 0 saturated heterocycles. The average Bonchev–Trinajstić information content (AvgIpc) is 3.25. The molecule has 166 valence electrons. The van der Waals surface area contributed by atoms with E-state index in [0.717, 1.165) is 19.4 Å². The van der Waals surface area contributed by atoms with E-state index in [4.69, 9.17) is 14.2 Å². The lowest BCUT2D eigenvalue weighted by molar-refractivity contribution is -0.112. The van der Waals surface area contributed by atoms with Crippen LogP contribution in [0, 0.1) is 14.9 Å². The Kier molecular flexibility index (Phi) is 7.57. The molecular weight excluding hydrogens is 667 g/mol. The summed E-state index contributed by atoms with van der Waals surface area (Å²) in [7, 11) is 0. The number of hydrogen-bond donors (Lipinski definition) is 1. The number of rotatable bonds is 6. The SMILES string of the molecule is N#C/C(=C/c1cc(Br)c(OCc2ccc3c(c2)OCO3)c(I)c1)C(=O)Nc1cccc(Br)c1. The van der Waals surface area contributed by atoms with Crippen LogP contribution in [0.2, 0.25) is 0 Å². The molecule has 0 atom stereocenters. The zero-order valence-electron chi connectivity index (χ0n) is 16.9. The minimum Gasteiger partial charge on any atom is -0.487 e. The largest absolute Gasteiger partial charge is 0.487 e. The standard InChI is InChI=1S/C24H15Br2IN2O4/c25-17-2-1-3-18(10-17)29-24(30)16(11-28)6-15-7-19(26)23(20(27)8-15)31-12-14-4-5-21-22(9-14)33-13-32-21/h1-10H,12-13H2,(H,29,30)/b16-6-. The lowest BCUT2D eigenvalue weighted by atomic mass is 10.1. The molecule has 9 heteroatoms. The van der Waals surface area contributed by atoms with Crippen molar-refractivity contribution in [2.45, 2.75) is 6.61 Å². The number of ether oxygens (including phenoxy) is 3. The molecule has 1 aliphatic rings. The normalized spacial score (nSPS) is 12.2. The van der Waals surface area contributed by atoms with Crippen molar-refractivity contribution in [3.05, 3.63) is 83.8 Å². The summed E-state index contributed by atoms with van der Waals surface area (Å²) in [5, 5.41) is 12.2. The van der Waals surface area contributed by atoms with Gasteiger partial charge in [-0.05, 0) is 98.2 Å². The van der Waals surface area contributed by atoms with Crippen molar-refractivity contribution in [2.75, 3.05) is 12.1 Å². The molecule has 0 unspecified atom stereocenters. The third-order valence-corrected chi connectivity index (χ3v) is 6.48. The van der Waals surface area contributed by atoms with Gasteiger partial charge in [-0.2, -0.15) is 5.26 Å². The molecule has 0 spiro atoms. The number of amides is 1. The minimum atomic E-state index is -0.482. The van der Waals surface area contributed by atoms with Gasteiger partial charge in [-0.1, -0.05) is 28.1 Å². The molecule has 0 fully saturated rings. The summed E-state index contributed by atoms with van der Waals surface area (Å²) >= 11 is 9.07. The predicted octanol–water partition coefficient (Wildman–Crippen LogP) is 6.67. The smallest absolute Gasteiger partial charge is 0.266 e. The topological polar surface area (TPSA) is 80.6 Å². The van der Waals surface area contributed by atoms with Gasteiger partial charge in [-0.15, -0.1) is 0 Å². The second-order valence-corrected chi connectivity index (χ2v) is 9.86. The second kappa shape index (κ2) is 10.6. The quantitative estimate of drug-likeness (QED) is 0.179. The van der Waals surface area contributed by atoms with E-state index >= 15 is 0 Å². The lowest BCUT2D eigenvalue weighted by Crippen LogP contribution is -2.13. The van der Waals surface area contributed by atoms with E-state index in [-0.39, 0.29) is 12.4 Å². The van der Waals surface area contributed by atoms with Crippen LogP contribution in [0.1, 0.15) is 11.1 Å². The predicted molar refractivity (Wildman–Crippen MR) is 140 cm³/mol. The number of nitrogens with one attached hydrogen (secondary N) is 1. The molecule has 6 nitrogen and oxygen atoms in total. The number of fused-ring (bicyclic) bond motifs is 1. The highest BCUT2D eigenvalue weighted by atomic mass is 127. The summed E-state index contributed by atoms with van der Waals surface area (Å²) in [5.41, 5.74) is 2.23. The Morgan fingerprint density at radius 1 is 1.15 bits per heavy atom. The van der Waals surface area contributed by atoms with Crippen molar-refractivity contribution < 1.29 is 19.0 Å². The molecule has 1 N–H and O–H groups in total. The summed E-state index contributed by atoms with van der Waals surface area (Å²) < 4.78 is 19.1. The van der Waals surface area contributed by atoms with Gasteiger partial charge < -0.3 is 19.5 Å². The van der Waals surface area contributed by atoms with Crippen molar-refractivity contribution in [1.82, 2.24) is 0 Å². The minimum absolute atomic E-state index is 0.00768. The molecule has 0 aromatic heterocycles. The third kappa shape index (κ3) is 5.88. The molecule has 33 heavy (non-hydrogen) atoms. The van der Waals surface area contributed by atoms with Gasteiger partial charge in [0, 0.05) is 10.2 Å². The molecule has 0 aliphatic carbocycles. The summed E-state index contributed by atoms with van der Waals surface area (Å²) in [6.07, 6.45) is 1.54. The van der Waals surface area contributed by atoms with Crippen molar-refractivity contribution in [3.63, 3.8) is 0 Å². The van der Waals surface area contributed by atoms with Gasteiger partial charge in [0.2, 0.25) is 6.79 Å². The average molecular weight is 682 g/mol. The fourth-order valence-electron chi connectivity index (χ4n) is 3.07. The van der Waals surface area contributed by atoms with Gasteiger partial charge in [-0.25, -0.2) is 0 Å². The van der Waals surface area contributed by atoms with E-state index in [2.05, 4.69) is 59.8 Å². The molecule has 1 aliphatic heterocycles. The maximum Gasteiger partial charge on any atom is 0.266 e. The number of carbonyl (C=O) groups is 1. The molecular formula is C24H15Br2IN2O4. The number of nitrogens with zero attached hydrogens (tertiary/aromatic N) is 1. The number of carbonyl (C=O) groups excluding carboxylic acids is 1. The van der Waals surface area contributed by atoms with Crippen molar-refractivity contribution >= 4 is 72.1 Å². The Balaban J connectivity index is 1.49. The zero-order valence-corrected chi connectivity index (χ0v) is 22.2. The van der Waals surface area contributed by atoms with Crippen LogP contribution in [0.15, 0.2) is 69.1 Å². The van der Waals surface area contributed by atoms with E-state index in [1.807, 2.05) is 36.4 Å². The highest BCUT2D eigenvalue weighted by molar-refractivity contribution is 14.1. The van der Waals surface area contributed by atoms with E-state index < -0.39 is 5.91 Å². The lowest BCUT2D eigenvalue weighted by Gasteiger charge is -2.12. The molecule has 1 amide bonds. The van der Waals surface area contributed by atoms with Gasteiger partial charge in [0.1, 0.15) is 24.0 Å². The van der Waals surface area contributed by atoms with Gasteiger partial charge in [0.15, 0.2) is 11.5 Å². The summed E-state index contributed by atoms with van der Waals surface area (Å²) in [6.45, 7) is 0.572. The van der Waals surface area contributed by atoms with Gasteiger partial charge in [0.05, 0.1) is 8.04 Å². The van der Waals surface area contributed by atoms with E-state index in [1.54, 1.807) is 30.3 Å². The van der Waals surface area contributed by atoms with Crippen LogP contribution in [-0.4, -0.2) is 12.7 Å². The maximum atomic E-state index is 12.6. The van der Waals surface area contributed by atoms with Crippen LogP contribution in [0.4, 0.5) is 5.69 Å². The molecule has 0 saturated carbocycles. The first-order valence-corrected chi connectivity index (χ1v) is 12.3. The van der Waals surface area contributed by atoms with E-state index in [0.29, 0.717) is 33.8 Å². The third-order valence-electron chi connectivity index (χ3n) is 4.60.